The van der Waals surface area contributed by atoms with Crippen LogP contribution in [0.25, 0.3) is 11.6 Å². The molecular weight excluding hydrogens is 232 g/mol. The van der Waals surface area contributed by atoms with Gasteiger partial charge in [-0.25, -0.2) is 0 Å². The van der Waals surface area contributed by atoms with E-state index in [0.29, 0.717) is 16.3 Å². The topological polar surface area (TPSA) is 36.7 Å². The van der Waals surface area contributed by atoms with E-state index in [9.17, 15) is 0 Å². The van der Waals surface area contributed by atoms with E-state index < -0.39 is 0 Å². The van der Waals surface area contributed by atoms with Crippen LogP contribution in [0.1, 0.15) is 11.3 Å². The molecule has 0 spiro atoms. The average molecular weight is 241 g/mol. The first kappa shape index (κ1) is 11.4. The molecule has 2 aromatic rings. The summed E-state index contributed by atoms with van der Waals surface area (Å²) in [6.45, 7) is 0. The largest absolute Gasteiger partial charge is 0.256 e. The van der Waals surface area contributed by atoms with Gasteiger partial charge in [-0.3, -0.25) is 4.98 Å². The maximum Gasteiger partial charge on any atom is 0.101 e. The average Bonchev–Trinajstić information content (AvgIpc) is 2.39. The van der Waals surface area contributed by atoms with E-state index in [1.807, 2.05) is 30.3 Å². The van der Waals surface area contributed by atoms with Gasteiger partial charge < -0.3 is 0 Å². The number of halogens is 1. The lowest BCUT2D eigenvalue weighted by molar-refractivity contribution is 1.28. The molecule has 0 saturated carbocycles. The first-order chi connectivity index (χ1) is 8.29. The highest BCUT2D eigenvalue weighted by molar-refractivity contribution is 6.30. The Morgan fingerprint density at radius 2 is 1.94 bits per heavy atom. The van der Waals surface area contributed by atoms with Gasteiger partial charge in [0.15, 0.2) is 0 Å². The zero-order chi connectivity index (χ0) is 12.1. The lowest BCUT2D eigenvalue weighted by atomic mass is 10.1. The second kappa shape index (κ2) is 5.29. The van der Waals surface area contributed by atoms with Crippen LogP contribution in [0.3, 0.4) is 0 Å². The Labute approximate surface area is 105 Å². The molecule has 2 nitrogen and oxygen atoms in total. The van der Waals surface area contributed by atoms with Crippen molar-refractivity contribution < 1.29 is 0 Å². The van der Waals surface area contributed by atoms with Crippen molar-refractivity contribution in [3.63, 3.8) is 0 Å². The molecule has 1 heterocycles. The number of rotatable bonds is 2. The van der Waals surface area contributed by atoms with Crippen LogP contribution >= 0.6 is 11.6 Å². The molecule has 2 rings (SSSR count). The van der Waals surface area contributed by atoms with Gasteiger partial charge >= 0.3 is 0 Å². The molecule has 0 aliphatic carbocycles. The predicted molar refractivity (Wildman–Crippen MR) is 69.2 cm³/mol. The molecule has 1 aromatic heterocycles. The molecule has 0 aliphatic rings. The van der Waals surface area contributed by atoms with Crippen molar-refractivity contribution in [2.45, 2.75) is 0 Å². The monoisotopic (exact) mass is 240 g/mol. The van der Waals surface area contributed by atoms with Crippen LogP contribution in [0.5, 0.6) is 0 Å². The minimum absolute atomic E-state index is 0.535. The van der Waals surface area contributed by atoms with Crippen LogP contribution in [0.4, 0.5) is 0 Å². The Morgan fingerprint density at radius 1 is 1.18 bits per heavy atom. The van der Waals surface area contributed by atoms with Crippen molar-refractivity contribution in [2.24, 2.45) is 0 Å². The summed E-state index contributed by atoms with van der Waals surface area (Å²) in [5.41, 5.74) is 2.13. The second-order valence-electron chi connectivity index (χ2n) is 3.44. The molecule has 17 heavy (non-hydrogen) atoms. The molecule has 3 heteroatoms. The number of aromatic nitrogens is 1. The first-order valence-electron chi connectivity index (χ1n) is 5.08. The van der Waals surface area contributed by atoms with E-state index in [0.717, 1.165) is 5.56 Å². The van der Waals surface area contributed by atoms with Gasteiger partial charge in [0, 0.05) is 11.2 Å². The molecule has 0 aliphatic heterocycles. The number of hydrogen-bond acceptors (Lipinski definition) is 2. The second-order valence-corrected chi connectivity index (χ2v) is 3.87. The Bertz CT molecular complexity index is 565. The zero-order valence-corrected chi connectivity index (χ0v) is 9.72. The fourth-order valence-corrected chi connectivity index (χ4v) is 1.54. The van der Waals surface area contributed by atoms with Crippen LogP contribution in [-0.2, 0) is 0 Å². The first-order valence-corrected chi connectivity index (χ1v) is 5.46. The molecule has 0 unspecified atom stereocenters. The number of nitrogens with zero attached hydrogens (tertiary/aromatic N) is 2. The van der Waals surface area contributed by atoms with E-state index in [-0.39, 0.29) is 0 Å². The van der Waals surface area contributed by atoms with E-state index in [1.165, 1.54) is 0 Å². The van der Waals surface area contributed by atoms with E-state index >= 15 is 0 Å². The van der Waals surface area contributed by atoms with E-state index in [1.54, 1.807) is 24.4 Å². The summed E-state index contributed by atoms with van der Waals surface area (Å²) in [6.07, 6.45) is 3.46. The Balaban J connectivity index is 2.37. The third kappa shape index (κ3) is 2.93. The Hall–Kier alpha value is -2.11. The summed E-state index contributed by atoms with van der Waals surface area (Å²) < 4.78 is 0. The van der Waals surface area contributed by atoms with Crippen molar-refractivity contribution >= 4 is 23.3 Å². The molecule has 0 radical (unpaired) electrons. The van der Waals surface area contributed by atoms with Crippen LogP contribution < -0.4 is 0 Å². The van der Waals surface area contributed by atoms with Crippen LogP contribution in [-0.4, -0.2) is 4.98 Å². The summed E-state index contributed by atoms with van der Waals surface area (Å²) in [4.78, 5) is 4.15. The van der Waals surface area contributed by atoms with Crippen molar-refractivity contribution in [1.29, 1.82) is 5.26 Å². The third-order valence-electron chi connectivity index (χ3n) is 2.24. The van der Waals surface area contributed by atoms with Gasteiger partial charge in [0.05, 0.1) is 11.3 Å². The minimum Gasteiger partial charge on any atom is -0.256 e. The quantitative estimate of drug-likeness (QED) is 0.749. The maximum atomic E-state index is 9.11. The van der Waals surface area contributed by atoms with Gasteiger partial charge in [0.1, 0.15) is 6.07 Å². The summed E-state index contributed by atoms with van der Waals surface area (Å²) in [7, 11) is 0. The highest BCUT2D eigenvalue weighted by Gasteiger charge is 2.01. The molecule has 0 bridgehead atoms. The number of pyridine rings is 1. The highest BCUT2D eigenvalue weighted by atomic mass is 35.5. The van der Waals surface area contributed by atoms with Crippen LogP contribution in [0.15, 0.2) is 48.7 Å². The smallest absolute Gasteiger partial charge is 0.101 e. The molecule has 0 amide bonds. The van der Waals surface area contributed by atoms with Gasteiger partial charge in [-0.1, -0.05) is 29.8 Å². The predicted octanol–water partition coefficient (Wildman–Crippen LogP) is 3.80. The minimum atomic E-state index is 0.535. The Kier molecular flexibility index (Phi) is 3.54. The number of nitriles is 1. The van der Waals surface area contributed by atoms with Gasteiger partial charge in [-0.15, -0.1) is 0 Å². The van der Waals surface area contributed by atoms with E-state index in [4.69, 9.17) is 16.9 Å². The van der Waals surface area contributed by atoms with Gasteiger partial charge in [-0.05, 0) is 35.9 Å². The summed E-state index contributed by atoms with van der Waals surface area (Å²) in [5.74, 6) is 0. The van der Waals surface area contributed by atoms with Crippen molar-refractivity contribution in [3.8, 4) is 6.07 Å². The van der Waals surface area contributed by atoms with Crippen LogP contribution in [0.2, 0.25) is 5.02 Å². The van der Waals surface area contributed by atoms with Gasteiger partial charge in [0.2, 0.25) is 0 Å². The number of benzene rings is 1. The zero-order valence-electron chi connectivity index (χ0n) is 8.97. The molecule has 1 aromatic carbocycles. The number of allylic oxidation sites excluding steroid dienone is 1. The normalized spacial score (nSPS) is 10.9. The standard InChI is InChI=1S/C14H9ClN2/c15-13-6-4-11(5-7-13)9-12(10-16)14-3-1-2-8-17-14/h1-9H/b12-9-. The van der Waals surface area contributed by atoms with Crippen molar-refractivity contribution in [1.82, 2.24) is 4.98 Å². The van der Waals surface area contributed by atoms with Crippen LogP contribution in [0, 0.1) is 11.3 Å². The molecule has 0 saturated heterocycles. The number of hydrogen-bond donors (Lipinski definition) is 0. The lowest BCUT2D eigenvalue weighted by Crippen LogP contribution is -1.85. The SMILES string of the molecule is N#C/C(=C/c1ccc(Cl)cc1)c1ccccn1. The Morgan fingerprint density at radius 3 is 2.53 bits per heavy atom. The van der Waals surface area contributed by atoms with Crippen molar-refractivity contribution in [3.05, 3.63) is 64.9 Å². The summed E-state index contributed by atoms with van der Waals surface area (Å²) >= 11 is 5.80. The molecule has 0 fully saturated rings. The van der Waals surface area contributed by atoms with Gasteiger partial charge in [0.25, 0.3) is 0 Å². The maximum absolute atomic E-state index is 9.11. The van der Waals surface area contributed by atoms with Gasteiger partial charge in [-0.2, -0.15) is 5.26 Å². The molecular formula is C14H9ClN2. The summed E-state index contributed by atoms with van der Waals surface area (Å²) in [6, 6.07) is 14.9. The molecule has 82 valence electrons. The highest BCUT2D eigenvalue weighted by Crippen LogP contribution is 2.17. The third-order valence-corrected chi connectivity index (χ3v) is 2.49. The van der Waals surface area contributed by atoms with E-state index in [2.05, 4.69) is 11.1 Å². The lowest BCUT2D eigenvalue weighted by Gasteiger charge is -1.98. The fourth-order valence-electron chi connectivity index (χ4n) is 1.41. The molecule has 0 atom stereocenters. The fraction of sp³-hybridized carbons (Fsp3) is 0. The van der Waals surface area contributed by atoms with Crippen molar-refractivity contribution in [2.75, 3.05) is 0 Å². The molecule has 0 N–H and O–H groups in total. The summed E-state index contributed by atoms with van der Waals surface area (Å²) in [5, 5.41) is 9.79.